The lowest BCUT2D eigenvalue weighted by molar-refractivity contribution is 0.230. The fourth-order valence-corrected chi connectivity index (χ4v) is 4.18. The molecule has 28 heavy (non-hydrogen) atoms. The number of fused-ring (bicyclic) bond motifs is 3. The summed E-state index contributed by atoms with van der Waals surface area (Å²) >= 11 is 3.30. The number of ether oxygens (including phenoxy) is 2. The van der Waals surface area contributed by atoms with E-state index in [9.17, 15) is 8.42 Å². The molecule has 0 fully saturated rings. The largest absolute Gasteiger partial charge is 0.479 e. The van der Waals surface area contributed by atoms with Crippen LogP contribution in [0.1, 0.15) is 17.2 Å². The van der Waals surface area contributed by atoms with Gasteiger partial charge in [0.15, 0.2) is 11.5 Å². The lowest BCUT2D eigenvalue weighted by atomic mass is 9.89. The molecule has 0 bridgehead atoms. The maximum atomic E-state index is 11.7. The molecule has 7 heteroatoms. The molecule has 4 rings (SSSR count). The van der Waals surface area contributed by atoms with E-state index in [4.69, 9.17) is 9.47 Å². The Morgan fingerprint density at radius 2 is 1.82 bits per heavy atom. The topological polar surface area (TPSA) is 64.6 Å². The molecule has 1 aliphatic rings. The van der Waals surface area contributed by atoms with Crippen LogP contribution in [0.4, 0.5) is 5.69 Å². The Kier molecular flexibility index (Phi) is 5.03. The number of hydrogen-bond donors (Lipinski definition) is 1. The average molecular weight is 460 g/mol. The van der Waals surface area contributed by atoms with E-state index in [1.165, 1.54) is 0 Å². The van der Waals surface area contributed by atoms with E-state index >= 15 is 0 Å². The molecule has 1 N–H and O–H groups in total. The molecule has 5 nitrogen and oxygen atoms in total. The number of sulfonamides is 1. The third-order valence-electron chi connectivity index (χ3n) is 4.45. The molecule has 1 heterocycles. The monoisotopic (exact) mass is 459 g/mol. The van der Waals surface area contributed by atoms with Crippen LogP contribution in [0.2, 0.25) is 0 Å². The molecule has 3 aromatic carbocycles. The Labute approximate surface area is 172 Å². The Balaban J connectivity index is 1.91. The molecular formula is C21H18BrNO4S. The fourth-order valence-electron chi connectivity index (χ4n) is 3.38. The van der Waals surface area contributed by atoms with Crippen molar-refractivity contribution in [3.63, 3.8) is 0 Å². The van der Waals surface area contributed by atoms with Gasteiger partial charge in [-0.15, -0.1) is 0 Å². The lowest BCUT2D eigenvalue weighted by Gasteiger charge is -2.30. The molecular weight excluding hydrogens is 442 g/mol. The van der Waals surface area contributed by atoms with Gasteiger partial charge in [-0.3, -0.25) is 4.72 Å². The highest BCUT2D eigenvalue weighted by atomic mass is 79.9. The van der Waals surface area contributed by atoms with Gasteiger partial charge in [0.2, 0.25) is 10.0 Å². The quantitative estimate of drug-likeness (QED) is 0.548. The van der Waals surface area contributed by atoms with E-state index in [-0.39, 0.29) is 6.10 Å². The highest BCUT2D eigenvalue weighted by Crippen LogP contribution is 2.49. The Hall–Kier alpha value is -2.51. The number of para-hydroxylation sites is 1. The van der Waals surface area contributed by atoms with Crippen molar-refractivity contribution < 1.29 is 17.9 Å². The number of anilines is 1. The maximum Gasteiger partial charge on any atom is 0.229 e. The summed E-state index contributed by atoms with van der Waals surface area (Å²) in [5, 5.41) is 0. The highest BCUT2D eigenvalue weighted by Gasteiger charge is 2.30. The van der Waals surface area contributed by atoms with Gasteiger partial charge in [-0.2, -0.15) is 0 Å². The molecule has 0 saturated heterocycles. The van der Waals surface area contributed by atoms with E-state index in [1.54, 1.807) is 6.07 Å². The van der Waals surface area contributed by atoms with E-state index in [1.807, 2.05) is 60.7 Å². The average Bonchev–Trinajstić information content (AvgIpc) is 2.67. The van der Waals surface area contributed by atoms with Crippen molar-refractivity contribution in [1.29, 1.82) is 0 Å². The van der Waals surface area contributed by atoms with Gasteiger partial charge < -0.3 is 9.47 Å². The number of alkyl halides is 1. The molecule has 1 atom stereocenters. The van der Waals surface area contributed by atoms with Gasteiger partial charge in [0, 0.05) is 16.8 Å². The molecule has 0 spiro atoms. The second-order valence-electron chi connectivity index (χ2n) is 6.47. The number of benzene rings is 3. The summed E-state index contributed by atoms with van der Waals surface area (Å²) in [6.07, 6.45) is 0.752. The number of hydrogen-bond acceptors (Lipinski definition) is 4. The summed E-state index contributed by atoms with van der Waals surface area (Å²) in [6.45, 7) is 0. The first-order chi connectivity index (χ1) is 13.5. The van der Waals surface area contributed by atoms with Gasteiger partial charge in [0.1, 0.15) is 11.6 Å². The van der Waals surface area contributed by atoms with Crippen molar-refractivity contribution in [2.75, 3.05) is 16.5 Å². The molecule has 0 amide bonds. The summed E-state index contributed by atoms with van der Waals surface area (Å²) in [5.74, 6) is 1.33. The van der Waals surface area contributed by atoms with Crippen LogP contribution in [0.3, 0.4) is 0 Å². The Bertz CT molecular complexity index is 1120. The van der Waals surface area contributed by atoms with Crippen molar-refractivity contribution in [2.24, 2.45) is 0 Å². The third kappa shape index (κ3) is 3.72. The minimum Gasteiger partial charge on any atom is -0.479 e. The summed E-state index contributed by atoms with van der Waals surface area (Å²) in [4.78, 5) is 0. The Morgan fingerprint density at radius 1 is 1.04 bits per heavy atom. The maximum absolute atomic E-state index is 11.7. The van der Waals surface area contributed by atoms with Crippen LogP contribution in [0.15, 0.2) is 66.7 Å². The highest BCUT2D eigenvalue weighted by molar-refractivity contribution is 9.09. The molecule has 0 saturated carbocycles. The summed E-state index contributed by atoms with van der Waals surface area (Å²) in [5.41, 5.74) is 4.61. The molecule has 0 aromatic heterocycles. The minimum atomic E-state index is -3.38. The van der Waals surface area contributed by atoms with Gasteiger partial charge >= 0.3 is 0 Å². The summed E-state index contributed by atoms with van der Waals surface area (Å²) < 4.78 is 38.0. The predicted octanol–water partition coefficient (Wildman–Crippen LogP) is 4.94. The Morgan fingerprint density at radius 3 is 2.54 bits per heavy atom. The molecule has 1 unspecified atom stereocenters. The van der Waals surface area contributed by atoms with E-state index in [2.05, 4.69) is 20.7 Å². The van der Waals surface area contributed by atoms with Crippen molar-refractivity contribution >= 4 is 31.6 Å². The van der Waals surface area contributed by atoms with Crippen LogP contribution in [0, 0.1) is 0 Å². The van der Waals surface area contributed by atoms with Crippen molar-refractivity contribution in [2.45, 2.75) is 6.10 Å². The van der Waals surface area contributed by atoms with Gasteiger partial charge in [-0.05, 0) is 45.3 Å². The van der Waals surface area contributed by atoms with Crippen molar-refractivity contribution in [3.8, 4) is 22.6 Å². The zero-order valence-electron chi connectivity index (χ0n) is 15.1. The van der Waals surface area contributed by atoms with E-state index in [0.717, 1.165) is 28.5 Å². The second kappa shape index (κ2) is 7.48. The number of halogens is 1. The zero-order valence-corrected chi connectivity index (χ0v) is 17.5. The van der Waals surface area contributed by atoms with Gasteiger partial charge in [-0.1, -0.05) is 48.5 Å². The van der Waals surface area contributed by atoms with Crippen molar-refractivity contribution in [3.05, 3.63) is 77.9 Å². The van der Waals surface area contributed by atoms with Crippen LogP contribution >= 0.6 is 15.9 Å². The molecule has 0 radical (unpaired) electrons. The smallest absolute Gasteiger partial charge is 0.229 e. The first-order valence-corrected chi connectivity index (χ1v) is 11.6. The second-order valence-corrected chi connectivity index (χ2v) is 8.68. The number of nitrogens with one attached hydrogen (secondary N) is 1. The predicted molar refractivity (Wildman–Crippen MR) is 114 cm³/mol. The lowest BCUT2D eigenvalue weighted by Crippen LogP contribution is -2.17. The molecule has 3 aromatic rings. The van der Waals surface area contributed by atoms with E-state index in [0.29, 0.717) is 22.7 Å². The normalized spacial score (nSPS) is 15.1. The first kappa shape index (κ1) is 18.8. The standard InChI is InChI=1S/C21H18BrNO4S/c1-28(24,25)23-15-10-11-16-17-8-5-9-19(26-13-22)21(17)27-20(18(16)12-15)14-6-3-2-4-7-14/h2-12,20,23H,13H2,1H3. The van der Waals surface area contributed by atoms with Crippen LogP contribution in [-0.4, -0.2) is 20.2 Å². The minimum absolute atomic E-state index is 0.354. The SMILES string of the molecule is CS(=O)(=O)Nc1ccc2c(c1)C(c1ccccc1)Oc1c(OCBr)cccc1-2. The number of rotatable bonds is 5. The van der Waals surface area contributed by atoms with Gasteiger partial charge in [-0.25, -0.2) is 8.42 Å². The summed E-state index contributed by atoms with van der Waals surface area (Å²) in [6, 6.07) is 21.1. The molecule has 144 valence electrons. The zero-order chi connectivity index (χ0) is 19.7. The summed E-state index contributed by atoms with van der Waals surface area (Å²) in [7, 11) is -3.38. The van der Waals surface area contributed by atoms with Crippen LogP contribution in [-0.2, 0) is 10.0 Å². The van der Waals surface area contributed by atoms with Crippen LogP contribution in [0.5, 0.6) is 11.5 Å². The third-order valence-corrected chi connectivity index (χ3v) is 5.29. The molecule has 1 aliphatic heterocycles. The van der Waals surface area contributed by atoms with Gasteiger partial charge in [0.05, 0.1) is 6.26 Å². The van der Waals surface area contributed by atoms with Crippen LogP contribution < -0.4 is 14.2 Å². The molecule has 0 aliphatic carbocycles. The van der Waals surface area contributed by atoms with Gasteiger partial charge in [0.25, 0.3) is 0 Å². The van der Waals surface area contributed by atoms with E-state index < -0.39 is 10.0 Å². The van der Waals surface area contributed by atoms with Crippen molar-refractivity contribution in [1.82, 2.24) is 0 Å². The fraction of sp³-hybridized carbons (Fsp3) is 0.143. The van der Waals surface area contributed by atoms with Crippen LogP contribution in [0.25, 0.3) is 11.1 Å². The first-order valence-electron chi connectivity index (χ1n) is 8.62.